The molecule has 94 valence electrons. The zero-order chi connectivity index (χ0) is 13.3. The van der Waals surface area contributed by atoms with E-state index in [-0.39, 0.29) is 17.9 Å². The number of nitrogens with one attached hydrogen (secondary N) is 1. The van der Waals surface area contributed by atoms with Gasteiger partial charge in [0.1, 0.15) is 0 Å². The average molecular weight is 250 g/mol. The first-order valence-electron chi connectivity index (χ1n) is 5.25. The van der Waals surface area contributed by atoms with Crippen molar-refractivity contribution in [3.63, 3.8) is 0 Å². The van der Waals surface area contributed by atoms with Crippen molar-refractivity contribution in [1.82, 2.24) is 5.32 Å². The molecule has 0 aliphatic heterocycles. The predicted molar refractivity (Wildman–Crippen MR) is 62.4 cm³/mol. The number of carbonyl (C=O) groups excluding carboxylic acids is 2. The number of fused-ring (bicyclic) bond motifs is 1. The molecule has 1 heterocycles. The van der Waals surface area contributed by atoms with Crippen LogP contribution in [0, 0.1) is 12.7 Å². The van der Waals surface area contributed by atoms with Crippen LogP contribution in [0.2, 0.25) is 0 Å². The fourth-order valence-corrected chi connectivity index (χ4v) is 1.67. The molecule has 0 saturated carbocycles. The van der Waals surface area contributed by atoms with Crippen LogP contribution >= 0.6 is 0 Å². The Balaban J connectivity index is 2.40. The molecule has 2 rings (SSSR count). The highest BCUT2D eigenvalue weighted by Gasteiger charge is 2.19. The van der Waals surface area contributed by atoms with Crippen molar-refractivity contribution in [2.45, 2.75) is 6.92 Å². The molecular weight excluding hydrogens is 239 g/mol. The molecule has 0 fully saturated rings. The highest BCUT2D eigenvalue weighted by Crippen LogP contribution is 2.26. The van der Waals surface area contributed by atoms with E-state index >= 15 is 0 Å². The molecule has 0 bridgehead atoms. The largest absolute Gasteiger partial charge is 0.448 e. The lowest BCUT2D eigenvalue weighted by Crippen LogP contribution is -2.33. The molecule has 6 heteroatoms. The average Bonchev–Trinajstić information content (AvgIpc) is 2.66. The van der Waals surface area contributed by atoms with E-state index in [0.29, 0.717) is 10.9 Å². The fraction of sp³-hybridized carbons (Fsp3) is 0.167. The van der Waals surface area contributed by atoms with Crippen LogP contribution in [-0.4, -0.2) is 18.4 Å². The van der Waals surface area contributed by atoms with Crippen LogP contribution in [0.5, 0.6) is 0 Å². The predicted octanol–water partition coefficient (Wildman–Crippen LogP) is 1.10. The van der Waals surface area contributed by atoms with Crippen molar-refractivity contribution in [3.05, 3.63) is 35.3 Å². The molecule has 5 nitrogen and oxygen atoms in total. The van der Waals surface area contributed by atoms with Gasteiger partial charge in [0.05, 0.1) is 6.54 Å². The van der Waals surface area contributed by atoms with Crippen LogP contribution in [0.4, 0.5) is 4.39 Å². The minimum Gasteiger partial charge on any atom is -0.448 e. The van der Waals surface area contributed by atoms with Crippen LogP contribution < -0.4 is 11.1 Å². The van der Waals surface area contributed by atoms with E-state index in [1.807, 2.05) is 0 Å². The van der Waals surface area contributed by atoms with Crippen LogP contribution in [0.15, 0.2) is 22.6 Å². The third-order valence-corrected chi connectivity index (χ3v) is 2.55. The molecule has 0 atom stereocenters. The van der Waals surface area contributed by atoms with Gasteiger partial charge in [-0.25, -0.2) is 4.39 Å². The van der Waals surface area contributed by atoms with Gasteiger partial charge in [-0.1, -0.05) is 12.1 Å². The lowest BCUT2D eigenvalue weighted by molar-refractivity contribution is -0.117. The number of primary amides is 1. The fourth-order valence-electron chi connectivity index (χ4n) is 1.67. The van der Waals surface area contributed by atoms with Crippen molar-refractivity contribution in [1.29, 1.82) is 0 Å². The summed E-state index contributed by atoms with van der Waals surface area (Å²) in [6, 6.07) is 4.43. The van der Waals surface area contributed by atoms with E-state index in [0.717, 1.165) is 0 Å². The Morgan fingerprint density at radius 2 is 2.17 bits per heavy atom. The number of halogens is 1. The van der Waals surface area contributed by atoms with E-state index in [4.69, 9.17) is 10.2 Å². The lowest BCUT2D eigenvalue weighted by atomic mass is 10.1. The normalized spacial score (nSPS) is 10.6. The van der Waals surface area contributed by atoms with Crippen molar-refractivity contribution >= 4 is 22.8 Å². The van der Waals surface area contributed by atoms with Gasteiger partial charge in [-0.2, -0.15) is 0 Å². The summed E-state index contributed by atoms with van der Waals surface area (Å²) in [4.78, 5) is 22.3. The number of amides is 2. The summed E-state index contributed by atoms with van der Waals surface area (Å²) in [6.07, 6.45) is 0. The molecule has 2 aromatic rings. The number of rotatable bonds is 3. The van der Waals surface area contributed by atoms with Crippen LogP contribution in [0.3, 0.4) is 0 Å². The van der Waals surface area contributed by atoms with Gasteiger partial charge in [0.15, 0.2) is 17.2 Å². The second-order valence-corrected chi connectivity index (χ2v) is 3.82. The molecule has 1 aromatic heterocycles. The SMILES string of the molecule is Cc1c(C(=O)NCC(N)=O)oc2c(F)cccc12. The Morgan fingerprint density at radius 1 is 1.44 bits per heavy atom. The number of aryl methyl sites for hydroxylation is 1. The Hall–Kier alpha value is -2.37. The Kier molecular flexibility index (Phi) is 3.01. The van der Waals surface area contributed by atoms with Crippen LogP contribution in [0.25, 0.3) is 11.0 Å². The van der Waals surface area contributed by atoms with Gasteiger partial charge in [-0.3, -0.25) is 9.59 Å². The van der Waals surface area contributed by atoms with E-state index in [1.54, 1.807) is 13.0 Å². The maximum absolute atomic E-state index is 13.5. The van der Waals surface area contributed by atoms with E-state index in [9.17, 15) is 14.0 Å². The number of hydrogen-bond donors (Lipinski definition) is 2. The van der Waals surface area contributed by atoms with E-state index < -0.39 is 17.6 Å². The number of furan rings is 1. The molecule has 0 spiro atoms. The zero-order valence-corrected chi connectivity index (χ0v) is 9.62. The van der Waals surface area contributed by atoms with Crippen molar-refractivity contribution in [2.24, 2.45) is 5.73 Å². The van der Waals surface area contributed by atoms with Gasteiger partial charge in [0, 0.05) is 10.9 Å². The second kappa shape index (κ2) is 4.48. The van der Waals surface area contributed by atoms with Gasteiger partial charge >= 0.3 is 0 Å². The molecular formula is C12H11FN2O3. The molecule has 1 aromatic carbocycles. The topological polar surface area (TPSA) is 85.3 Å². The van der Waals surface area contributed by atoms with Crippen LogP contribution in [0.1, 0.15) is 16.1 Å². The third-order valence-electron chi connectivity index (χ3n) is 2.55. The molecule has 2 amide bonds. The second-order valence-electron chi connectivity index (χ2n) is 3.82. The summed E-state index contributed by atoms with van der Waals surface area (Å²) in [5, 5.41) is 2.82. The summed E-state index contributed by atoms with van der Waals surface area (Å²) in [7, 11) is 0. The van der Waals surface area contributed by atoms with Crippen LogP contribution in [-0.2, 0) is 4.79 Å². The number of benzene rings is 1. The summed E-state index contributed by atoms with van der Waals surface area (Å²) in [5.41, 5.74) is 5.46. The molecule has 0 unspecified atom stereocenters. The van der Waals surface area contributed by atoms with Crippen molar-refractivity contribution in [3.8, 4) is 0 Å². The Morgan fingerprint density at radius 3 is 2.78 bits per heavy atom. The molecule has 18 heavy (non-hydrogen) atoms. The Bertz CT molecular complexity index is 634. The van der Waals surface area contributed by atoms with Crippen molar-refractivity contribution < 1.29 is 18.4 Å². The lowest BCUT2D eigenvalue weighted by Gasteiger charge is -1.99. The minimum absolute atomic E-state index is 0.0173. The first-order valence-corrected chi connectivity index (χ1v) is 5.25. The van der Waals surface area contributed by atoms with E-state index in [2.05, 4.69) is 5.32 Å². The summed E-state index contributed by atoms with van der Waals surface area (Å²) >= 11 is 0. The van der Waals surface area contributed by atoms with Gasteiger partial charge in [-0.15, -0.1) is 0 Å². The monoisotopic (exact) mass is 250 g/mol. The number of hydrogen-bond acceptors (Lipinski definition) is 3. The molecule has 0 aliphatic carbocycles. The minimum atomic E-state index is -0.664. The molecule has 3 N–H and O–H groups in total. The molecule has 0 aliphatic rings. The quantitative estimate of drug-likeness (QED) is 0.855. The third kappa shape index (κ3) is 2.04. The van der Waals surface area contributed by atoms with Crippen molar-refractivity contribution in [2.75, 3.05) is 6.54 Å². The zero-order valence-electron chi connectivity index (χ0n) is 9.62. The maximum atomic E-state index is 13.5. The summed E-state index contributed by atoms with van der Waals surface area (Å²) in [5.74, 6) is -1.81. The highest BCUT2D eigenvalue weighted by molar-refractivity contribution is 6.00. The standard InChI is InChI=1S/C12H11FN2O3/c1-6-7-3-2-4-8(13)11(7)18-10(6)12(17)15-5-9(14)16/h2-4H,5H2,1H3,(H2,14,16)(H,15,17). The summed E-state index contributed by atoms with van der Waals surface area (Å²) in [6.45, 7) is 1.35. The number of carbonyl (C=O) groups is 2. The van der Waals surface area contributed by atoms with E-state index in [1.165, 1.54) is 12.1 Å². The number of para-hydroxylation sites is 1. The Labute approximate surface area is 102 Å². The van der Waals surface area contributed by atoms with Gasteiger partial charge in [-0.05, 0) is 13.0 Å². The summed E-state index contributed by atoms with van der Waals surface area (Å²) < 4.78 is 18.6. The first-order chi connectivity index (χ1) is 8.50. The molecule has 0 saturated heterocycles. The van der Waals surface area contributed by atoms with Gasteiger partial charge in [0.25, 0.3) is 5.91 Å². The highest BCUT2D eigenvalue weighted by atomic mass is 19.1. The first kappa shape index (κ1) is 12.1. The number of nitrogens with two attached hydrogens (primary N) is 1. The molecule has 0 radical (unpaired) electrons. The van der Waals surface area contributed by atoms with Gasteiger partial charge in [0.2, 0.25) is 5.91 Å². The smallest absolute Gasteiger partial charge is 0.287 e. The van der Waals surface area contributed by atoms with Gasteiger partial charge < -0.3 is 15.5 Å². The maximum Gasteiger partial charge on any atom is 0.287 e.